The summed E-state index contributed by atoms with van der Waals surface area (Å²) in [6, 6.07) is 8.24. The quantitative estimate of drug-likeness (QED) is 0.884. The first kappa shape index (κ1) is 17.8. The number of fused-ring (bicyclic) bond motifs is 1. The van der Waals surface area contributed by atoms with Crippen LogP contribution in [0.4, 0.5) is 0 Å². The number of aromatic nitrogens is 1. The number of benzene rings is 1. The monoisotopic (exact) mass is 360 g/mol. The highest BCUT2D eigenvalue weighted by atomic mass is 32.1. The van der Waals surface area contributed by atoms with E-state index in [0.717, 1.165) is 36.5 Å². The van der Waals surface area contributed by atoms with Gasteiger partial charge in [-0.3, -0.25) is 14.5 Å². The van der Waals surface area contributed by atoms with Crippen LogP contribution in [0.25, 0.3) is 10.2 Å². The number of rotatable bonds is 5. The number of carbonyl (C=O) groups excluding carboxylic acids is 2. The number of hydrogen-bond donors (Lipinski definition) is 1. The Morgan fingerprint density at radius 3 is 2.72 bits per heavy atom. The topological polar surface area (TPSA) is 65.5 Å². The zero-order chi connectivity index (χ0) is 17.8. The Morgan fingerprint density at radius 1 is 1.32 bits per heavy atom. The molecular formula is C18H24N4O2S. The van der Waals surface area contributed by atoms with E-state index in [-0.39, 0.29) is 17.9 Å². The molecule has 1 aliphatic heterocycles. The predicted molar refractivity (Wildman–Crippen MR) is 99.4 cm³/mol. The molecule has 0 aliphatic carbocycles. The van der Waals surface area contributed by atoms with Gasteiger partial charge in [0.25, 0.3) is 0 Å². The highest BCUT2D eigenvalue weighted by Gasteiger charge is 2.22. The number of thiazole rings is 1. The molecule has 1 aromatic heterocycles. The molecule has 2 aromatic rings. The van der Waals surface area contributed by atoms with Gasteiger partial charge in [-0.25, -0.2) is 4.98 Å². The summed E-state index contributed by atoms with van der Waals surface area (Å²) in [4.78, 5) is 32.0. The van der Waals surface area contributed by atoms with Gasteiger partial charge in [0.15, 0.2) is 0 Å². The second-order valence-electron chi connectivity index (χ2n) is 6.60. The van der Waals surface area contributed by atoms with Crippen molar-refractivity contribution >= 4 is 33.4 Å². The van der Waals surface area contributed by atoms with Crippen LogP contribution in [0.5, 0.6) is 0 Å². The van der Waals surface area contributed by atoms with Crippen LogP contribution in [-0.2, 0) is 16.1 Å². The first-order chi connectivity index (χ1) is 12.0. The lowest BCUT2D eigenvalue weighted by molar-refractivity contribution is -0.130. The molecule has 0 spiro atoms. The van der Waals surface area contributed by atoms with Gasteiger partial charge < -0.3 is 10.2 Å². The van der Waals surface area contributed by atoms with Crippen LogP contribution in [0.2, 0.25) is 0 Å². The summed E-state index contributed by atoms with van der Waals surface area (Å²) in [6.45, 7) is 4.05. The van der Waals surface area contributed by atoms with Gasteiger partial charge in [0, 0.05) is 26.1 Å². The average Bonchev–Trinajstić information content (AvgIpc) is 2.97. The molecule has 25 heavy (non-hydrogen) atoms. The van der Waals surface area contributed by atoms with Crippen molar-refractivity contribution in [2.75, 3.05) is 26.7 Å². The number of piperidine rings is 1. The van der Waals surface area contributed by atoms with E-state index in [1.807, 2.05) is 35.0 Å². The van der Waals surface area contributed by atoms with E-state index in [0.29, 0.717) is 13.1 Å². The predicted octanol–water partition coefficient (Wildman–Crippen LogP) is 1.86. The lowest BCUT2D eigenvalue weighted by Crippen LogP contribution is -2.47. The molecule has 3 rings (SSSR count). The van der Waals surface area contributed by atoms with Crippen molar-refractivity contribution in [3.8, 4) is 0 Å². The fourth-order valence-electron chi connectivity index (χ4n) is 3.13. The molecule has 0 bridgehead atoms. The molecule has 1 aliphatic rings. The van der Waals surface area contributed by atoms with Gasteiger partial charge in [0.2, 0.25) is 11.8 Å². The molecule has 1 aromatic carbocycles. The van der Waals surface area contributed by atoms with Crippen LogP contribution in [0.1, 0.15) is 24.8 Å². The highest BCUT2D eigenvalue weighted by Crippen LogP contribution is 2.22. The normalized spacial score (nSPS) is 15.7. The maximum Gasteiger partial charge on any atom is 0.234 e. The number of likely N-dealkylation sites (tertiary alicyclic amines) is 1. The molecule has 2 amide bonds. The Balaban J connectivity index is 1.45. The maximum absolute atomic E-state index is 12.2. The summed E-state index contributed by atoms with van der Waals surface area (Å²) < 4.78 is 1.17. The lowest BCUT2D eigenvalue weighted by Gasteiger charge is -2.32. The first-order valence-corrected chi connectivity index (χ1v) is 9.41. The second kappa shape index (κ2) is 7.93. The molecule has 0 radical (unpaired) electrons. The van der Waals surface area contributed by atoms with Crippen molar-refractivity contribution in [1.29, 1.82) is 0 Å². The highest BCUT2D eigenvalue weighted by molar-refractivity contribution is 7.18. The van der Waals surface area contributed by atoms with E-state index < -0.39 is 0 Å². The minimum atomic E-state index is 0.0323. The Kier molecular flexibility index (Phi) is 5.65. The molecular weight excluding hydrogens is 336 g/mol. The molecule has 134 valence electrons. The van der Waals surface area contributed by atoms with Crippen molar-refractivity contribution in [2.24, 2.45) is 0 Å². The van der Waals surface area contributed by atoms with E-state index in [1.54, 1.807) is 18.3 Å². The van der Waals surface area contributed by atoms with Crippen molar-refractivity contribution < 1.29 is 9.59 Å². The summed E-state index contributed by atoms with van der Waals surface area (Å²) in [5, 5.41) is 4.11. The third-order valence-corrected chi connectivity index (χ3v) is 5.48. The minimum absolute atomic E-state index is 0.0323. The number of para-hydroxylation sites is 1. The van der Waals surface area contributed by atoms with Gasteiger partial charge in [-0.05, 0) is 32.0 Å². The van der Waals surface area contributed by atoms with Gasteiger partial charge in [-0.15, -0.1) is 11.3 Å². The van der Waals surface area contributed by atoms with E-state index in [4.69, 9.17) is 0 Å². The van der Waals surface area contributed by atoms with E-state index in [9.17, 15) is 9.59 Å². The summed E-state index contributed by atoms with van der Waals surface area (Å²) in [6.07, 6.45) is 1.65. The molecule has 1 N–H and O–H groups in total. The first-order valence-electron chi connectivity index (χ1n) is 8.59. The van der Waals surface area contributed by atoms with Crippen LogP contribution in [0, 0.1) is 0 Å². The fraction of sp³-hybridized carbons (Fsp3) is 0.500. The zero-order valence-electron chi connectivity index (χ0n) is 14.7. The number of carbonyl (C=O) groups is 2. The van der Waals surface area contributed by atoms with Crippen LogP contribution in [0.3, 0.4) is 0 Å². The Hall–Kier alpha value is -1.99. The van der Waals surface area contributed by atoms with Gasteiger partial charge in [0.05, 0.1) is 23.3 Å². The second-order valence-corrected chi connectivity index (χ2v) is 7.71. The zero-order valence-corrected chi connectivity index (χ0v) is 15.5. The third kappa shape index (κ3) is 4.76. The summed E-state index contributed by atoms with van der Waals surface area (Å²) >= 11 is 1.67. The van der Waals surface area contributed by atoms with Gasteiger partial charge in [-0.1, -0.05) is 12.1 Å². The largest absolute Gasteiger partial charge is 0.352 e. The van der Waals surface area contributed by atoms with Crippen molar-refractivity contribution in [3.05, 3.63) is 29.3 Å². The van der Waals surface area contributed by atoms with Gasteiger partial charge >= 0.3 is 0 Å². The smallest absolute Gasteiger partial charge is 0.234 e. The Morgan fingerprint density at radius 2 is 2.04 bits per heavy atom. The molecule has 1 saturated heterocycles. The van der Waals surface area contributed by atoms with Crippen molar-refractivity contribution in [1.82, 2.24) is 20.1 Å². The number of nitrogens with one attached hydrogen (secondary N) is 1. The fourth-order valence-corrected chi connectivity index (χ4v) is 4.18. The Labute approximate surface area is 151 Å². The van der Waals surface area contributed by atoms with Crippen LogP contribution < -0.4 is 5.32 Å². The molecule has 0 atom stereocenters. The van der Waals surface area contributed by atoms with Crippen molar-refractivity contribution in [2.45, 2.75) is 32.4 Å². The molecule has 7 heteroatoms. The standard InChI is InChI=1S/C18H24N4O2S/c1-13(23)22-9-7-14(8-10-22)19-17(24)11-21(2)12-18-20-15-5-3-4-6-16(15)25-18/h3-6,14H,7-12H2,1-2H3,(H,19,24). The lowest BCUT2D eigenvalue weighted by atomic mass is 10.1. The van der Waals surface area contributed by atoms with Crippen LogP contribution in [-0.4, -0.2) is 59.3 Å². The van der Waals surface area contributed by atoms with E-state index in [2.05, 4.69) is 16.4 Å². The summed E-state index contributed by atoms with van der Waals surface area (Å²) in [5.74, 6) is 0.144. The van der Waals surface area contributed by atoms with E-state index in [1.165, 1.54) is 4.70 Å². The van der Waals surface area contributed by atoms with Crippen LogP contribution >= 0.6 is 11.3 Å². The van der Waals surface area contributed by atoms with Gasteiger partial charge in [0.1, 0.15) is 5.01 Å². The molecule has 0 saturated carbocycles. The molecule has 2 heterocycles. The number of nitrogens with zero attached hydrogens (tertiary/aromatic N) is 3. The minimum Gasteiger partial charge on any atom is -0.352 e. The number of hydrogen-bond acceptors (Lipinski definition) is 5. The maximum atomic E-state index is 12.2. The van der Waals surface area contributed by atoms with Gasteiger partial charge in [-0.2, -0.15) is 0 Å². The Bertz CT molecular complexity index is 719. The average molecular weight is 360 g/mol. The molecule has 1 fully saturated rings. The summed E-state index contributed by atoms with van der Waals surface area (Å²) in [5.41, 5.74) is 1.01. The molecule has 6 nitrogen and oxygen atoms in total. The number of amides is 2. The number of likely N-dealkylation sites (N-methyl/N-ethyl adjacent to an activating group) is 1. The third-order valence-electron chi connectivity index (χ3n) is 4.46. The SMILES string of the molecule is CC(=O)N1CCC(NC(=O)CN(C)Cc2nc3ccccc3s2)CC1. The van der Waals surface area contributed by atoms with Crippen molar-refractivity contribution in [3.63, 3.8) is 0 Å². The summed E-state index contributed by atoms with van der Waals surface area (Å²) in [7, 11) is 1.93. The molecule has 0 unspecified atom stereocenters. The van der Waals surface area contributed by atoms with E-state index >= 15 is 0 Å². The van der Waals surface area contributed by atoms with Crippen LogP contribution in [0.15, 0.2) is 24.3 Å².